The summed E-state index contributed by atoms with van der Waals surface area (Å²) in [5.74, 6) is -0.303. The zero-order valence-electron chi connectivity index (χ0n) is 18.8. The number of methoxy groups -OCH3 is 1. The van der Waals surface area contributed by atoms with Gasteiger partial charge >= 0.3 is 0 Å². The maximum atomic E-state index is 13.2. The fourth-order valence-corrected chi connectivity index (χ4v) is 3.91. The van der Waals surface area contributed by atoms with Gasteiger partial charge in [-0.1, -0.05) is 58.7 Å². The number of carbonyl (C=O) groups excluding carboxylic acids is 1. The van der Waals surface area contributed by atoms with Crippen LogP contribution in [0, 0.1) is 0 Å². The van der Waals surface area contributed by atoms with Crippen molar-refractivity contribution in [2.45, 2.75) is 12.5 Å². The van der Waals surface area contributed by atoms with Gasteiger partial charge in [-0.05, 0) is 23.8 Å². The van der Waals surface area contributed by atoms with Gasteiger partial charge in [-0.15, -0.1) is 5.10 Å². The predicted molar refractivity (Wildman–Crippen MR) is 133 cm³/mol. The molecule has 0 fully saturated rings. The SMILES string of the molecule is COCCNC(=O)C(Cc1ccccc1)n1cnc(-c2cc(Cl)ccc2-n2cc(Cl)nn2)cc1=O. The molecule has 180 valence electrons. The van der Waals surface area contributed by atoms with E-state index in [0.29, 0.717) is 41.5 Å². The van der Waals surface area contributed by atoms with E-state index in [4.69, 9.17) is 27.9 Å². The second-order valence-electron chi connectivity index (χ2n) is 7.66. The summed E-state index contributed by atoms with van der Waals surface area (Å²) < 4.78 is 7.82. The number of hydrogen-bond acceptors (Lipinski definition) is 6. The lowest BCUT2D eigenvalue weighted by Crippen LogP contribution is -2.39. The zero-order valence-corrected chi connectivity index (χ0v) is 20.3. The third-order valence-corrected chi connectivity index (χ3v) is 5.71. The molecule has 11 heteroatoms. The highest BCUT2D eigenvalue weighted by Crippen LogP contribution is 2.28. The highest BCUT2D eigenvalue weighted by molar-refractivity contribution is 6.31. The lowest BCUT2D eigenvalue weighted by molar-refractivity contribution is -0.124. The van der Waals surface area contributed by atoms with E-state index in [-0.39, 0.29) is 16.6 Å². The van der Waals surface area contributed by atoms with Crippen molar-refractivity contribution < 1.29 is 9.53 Å². The smallest absolute Gasteiger partial charge is 0.254 e. The van der Waals surface area contributed by atoms with Gasteiger partial charge in [0, 0.05) is 36.7 Å². The van der Waals surface area contributed by atoms with Crippen molar-refractivity contribution in [2.75, 3.05) is 20.3 Å². The standard InChI is InChI=1S/C24H22Cl2N6O3/c1-35-10-9-27-24(34)21(11-16-5-3-2-4-6-16)31-15-28-19(13-23(31)33)18-12-17(25)7-8-20(18)32-14-22(26)29-30-32/h2-8,12-15,21H,9-11H2,1H3,(H,27,34). The van der Waals surface area contributed by atoms with Gasteiger partial charge in [-0.3, -0.25) is 14.2 Å². The van der Waals surface area contributed by atoms with Crippen molar-refractivity contribution in [3.05, 3.63) is 93.2 Å². The van der Waals surface area contributed by atoms with E-state index in [2.05, 4.69) is 20.6 Å². The molecule has 0 aliphatic heterocycles. The highest BCUT2D eigenvalue weighted by atomic mass is 35.5. The van der Waals surface area contributed by atoms with Crippen LogP contribution in [0.4, 0.5) is 0 Å². The molecule has 0 radical (unpaired) electrons. The summed E-state index contributed by atoms with van der Waals surface area (Å²) in [6.07, 6.45) is 3.23. The first kappa shape index (κ1) is 24.6. The molecule has 1 atom stereocenters. The predicted octanol–water partition coefficient (Wildman–Crippen LogP) is 3.34. The van der Waals surface area contributed by atoms with Gasteiger partial charge in [0.2, 0.25) is 5.91 Å². The molecule has 0 aliphatic carbocycles. The van der Waals surface area contributed by atoms with Gasteiger partial charge in [0.15, 0.2) is 5.15 Å². The van der Waals surface area contributed by atoms with Crippen LogP contribution in [0.1, 0.15) is 11.6 Å². The normalized spacial score (nSPS) is 11.9. The summed E-state index contributed by atoms with van der Waals surface area (Å²) in [6.45, 7) is 0.687. The first-order chi connectivity index (χ1) is 17.0. The molecular weight excluding hydrogens is 491 g/mol. The number of hydrogen-bond donors (Lipinski definition) is 1. The molecule has 1 N–H and O–H groups in total. The molecule has 0 saturated carbocycles. The molecule has 0 aliphatic rings. The fraction of sp³-hybridized carbons (Fsp3) is 0.208. The third-order valence-electron chi connectivity index (χ3n) is 5.30. The van der Waals surface area contributed by atoms with Gasteiger partial charge in [0.25, 0.3) is 5.56 Å². The number of aromatic nitrogens is 5. The number of ether oxygens (including phenoxy) is 1. The average Bonchev–Trinajstić information content (AvgIpc) is 3.29. The fourth-order valence-electron chi connectivity index (χ4n) is 3.61. The topological polar surface area (TPSA) is 104 Å². The van der Waals surface area contributed by atoms with Crippen LogP contribution in [0.25, 0.3) is 16.9 Å². The summed E-state index contributed by atoms with van der Waals surface area (Å²) in [5.41, 5.74) is 2.05. The van der Waals surface area contributed by atoms with Crippen LogP contribution in [0.2, 0.25) is 10.2 Å². The third kappa shape index (κ3) is 5.94. The van der Waals surface area contributed by atoms with Gasteiger partial charge in [0.1, 0.15) is 6.04 Å². The summed E-state index contributed by atoms with van der Waals surface area (Å²) in [4.78, 5) is 30.7. The minimum absolute atomic E-state index is 0.220. The van der Waals surface area contributed by atoms with E-state index in [9.17, 15) is 9.59 Å². The lowest BCUT2D eigenvalue weighted by Gasteiger charge is -2.20. The summed E-state index contributed by atoms with van der Waals surface area (Å²) in [7, 11) is 1.55. The average molecular weight is 513 g/mol. The summed E-state index contributed by atoms with van der Waals surface area (Å²) >= 11 is 12.2. The van der Waals surface area contributed by atoms with Crippen LogP contribution < -0.4 is 10.9 Å². The maximum absolute atomic E-state index is 13.2. The van der Waals surface area contributed by atoms with Gasteiger partial charge in [0.05, 0.1) is 30.5 Å². The van der Waals surface area contributed by atoms with Crippen LogP contribution in [-0.2, 0) is 16.0 Å². The lowest BCUT2D eigenvalue weighted by atomic mass is 10.0. The van der Waals surface area contributed by atoms with Crippen molar-refractivity contribution in [3.63, 3.8) is 0 Å². The number of nitrogens with one attached hydrogen (secondary N) is 1. The number of nitrogens with zero attached hydrogens (tertiary/aromatic N) is 5. The Labute approximate surface area is 211 Å². The summed E-state index contributed by atoms with van der Waals surface area (Å²) in [5, 5.41) is 11.3. The Morgan fingerprint density at radius 1 is 1.14 bits per heavy atom. The molecule has 4 rings (SSSR count). The van der Waals surface area contributed by atoms with E-state index >= 15 is 0 Å². The van der Waals surface area contributed by atoms with Crippen LogP contribution in [0.3, 0.4) is 0 Å². The number of carbonyl (C=O) groups is 1. The molecule has 9 nitrogen and oxygen atoms in total. The molecule has 1 unspecified atom stereocenters. The Morgan fingerprint density at radius 2 is 1.94 bits per heavy atom. The molecular formula is C24H22Cl2N6O3. The van der Waals surface area contributed by atoms with Crippen molar-refractivity contribution in [1.29, 1.82) is 0 Å². The van der Waals surface area contributed by atoms with Gasteiger partial charge in [-0.2, -0.15) is 0 Å². The van der Waals surface area contributed by atoms with Crippen LogP contribution in [-0.4, -0.2) is 50.7 Å². The molecule has 2 aromatic carbocycles. The zero-order chi connectivity index (χ0) is 24.8. The molecule has 0 spiro atoms. The van der Waals surface area contributed by atoms with E-state index in [1.807, 2.05) is 30.3 Å². The Bertz CT molecular complexity index is 1370. The largest absolute Gasteiger partial charge is 0.383 e. The van der Waals surface area contributed by atoms with Crippen LogP contribution in [0.15, 0.2) is 71.9 Å². The van der Waals surface area contributed by atoms with E-state index in [1.54, 1.807) is 25.3 Å². The molecule has 2 heterocycles. The second-order valence-corrected chi connectivity index (χ2v) is 8.48. The second kappa shape index (κ2) is 11.3. The molecule has 0 saturated heterocycles. The Hall–Kier alpha value is -3.53. The number of amides is 1. The maximum Gasteiger partial charge on any atom is 0.254 e. The quantitative estimate of drug-likeness (QED) is 0.345. The summed E-state index contributed by atoms with van der Waals surface area (Å²) in [6, 6.07) is 15.2. The van der Waals surface area contributed by atoms with E-state index < -0.39 is 6.04 Å². The molecule has 2 aromatic heterocycles. The van der Waals surface area contributed by atoms with Crippen molar-refractivity contribution >= 4 is 29.1 Å². The van der Waals surface area contributed by atoms with Crippen molar-refractivity contribution in [3.8, 4) is 16.9 Å². The molecule has 1 amide bonds. The molecule has 4 aromatic rings. The number of halogens is 2. The van der Waals surface area contributed by atoms with Crippen molar-refractivity contribution in [1.82, 2.24) is 29.9 Å². The van der Waals surface area contributed by atoms with E-state index in [1.165, 1.54) is 27.8 Å². The number of rotatable bonds is 9. The Balaban J connectivity index is 1.71. The van der Waals surface area contributed by atoms with Crippen LogP contribution >= 0.6 is 23.2 Å². The highest BCUT2D eigenvalue weighted by Gasteiger charge is 2.23. The molecule has 0 bridgehead atoms. The van der Waals surface area contributed by atoms with Gasteiger partial charge in [-0.25, -0.2) is 9.67 Å². The minimum Gasteiger partial charge on any atom is -0.383 e. The van der Waals surface area contributed by atoms with Crippen molar-refractivity contribution in [2.24, 2.45) is 0 Å². The first-order valence-corrected chi connectivity index (χ1v) is 11.5. The minimum atomic E-state index is -0.795. The first-order valence-electron chi connectivity index (χ1n) is 10.7. The van der Waals surface area contributed by atoms with E-state index in [0.717, 1.165) is 5.56 Å². The Kier molecular flexibility index (Phi) is 7.91. The Morgan fingerprint density at radius 3 is 2.63 bits per heavy atom. The van der Waals surface area contributed by atoms with Crippen LogP contribution in [0.5, 0.6) is 0 Å². The van der Waals surface area contributed by atoms with Gasteiger partial charge < -0.3 is 10.1 Å². The molecule has 35 heavy (non-hydrogen) atoms. The number of benzene rings is 2. The monoisotopic (exact) mass is 512 g/mol.